The standard InChI is InChI=1S/C22H18N2O6S/c1-11-7-15(29-2)19-14(25)10-17(30-16(19)8-11)20(26)23-13-5-3-12(4-6-13)9-18-21(27)24-22(28)31-18/h3-8,10,18H,9H2,1-2H3,(H,23,26)(H,24,27,28). The van der Waals surface area contributed by atoms with Crippen molar-refractivity contribution in [3.05, 3.63) is 69.6 Å². The molecule has 1 aliphatic heterocycles. The first-order valence-electron chi connectivity index (χ1n) is 9.38. The lowest BCUT2D eigenvalue weighted by Crippen LogP contribution is -2.25. The van der Waals surface area contributed by atoms with E-state index < -0.39 is 11.2 Å². The van der Waals surface area contributed by atoms with Crippen LogP contribution in [0.5, 0.6) is 5.75 Å². The predicted molar refractivity (Wildman–Crippen MR) is 117 cm³/mol. The van der Waals surface area contributed by atoms with E-state index >= 15 is 0 Å². The number of rotatable bonds is 5. The molecule has 1 aromatic heterocycles. The number of benzene rings is 2. The molecule has 31 heavy (non-hydrogen) atoms. The highest BCUT2D eigenvalue weighted by Gasteiger charge is 2.31. The summed E-state index contributed by atoms with van der Waals surface area (Å²) in [7, 11) is 1.47. The molecule has 0 radical (unpaired) electrons. The maximum atomic E-state index is 12.6. The first-order chi connectivity index (χ1) is 14.8. The Balaban J connectivity index is 1.52. The number of carbonyl (C=O) groups excluding carboxylic acids is 3. The molecule has 3 aromatic rings. The van der Waals surface area contributed by atoms with Crippen LogP contribution in [0.2, 0.25) is 0 Å². The highest BCUT2D eigenvalue weighted by molar-refractivity contribution is 8.15. The predicted octanol–water partition coefficient (Wildman–Crippen LogP) is 3.26. The number of nitrogens with one attached hydrogen (secondary N) is 2. The molecule has 158 valence electrons. The van der Waals surface area contributed by atoms with Gasteiger partial charge in [-0.2, -0.15) is 0 Å². The normalized spacial score (nSPS) is 15.7. The molecule has 1 atom stereocenters. The van der Waals surface area contributed by atoms with E-state index in [0.29, 0.717) is 17.9 Å². The quantitative estimate of drug-likeness (QED) is 0.628. The van der Waals surface area contributed by atoms with E-state index in [0.717, 1.165) is 29.0 Å². The second-order valence-corrected chi connectivity index (χ2v) is 8.23. The van der Waals surface area contributed by atoms with Gasteiger partial charge in [0.25, 0.3) is 11.1 Å². The van der Waals surface area contributed by atoms with Gasteiger partial charge in [0, 0.05) is 11.8 Å². The van der Waals surface area contributed by atoms with Crippen LogP contribution in [0.25, 0.3) is 11.0 Å². The van der Waals surface area contributed by atoms with Crippen molar-refractivity contribution in [3.8, 4) is 5.75 Å². The summed E-state index contributed by atoms with van der Waals surface area (Å²) in [5, 5.41) is 4.42. The first kappa shape index (κ1) is 20.7. The van der Waals surface area contributed by atoms with Crippen molar-refractivity contribution in [2.75, 3.05) is 12.4 Å². The Morgan fingerprint density at radius 3 is 2.55 bits per heavy atom. The van der Waals surface area contributed by atoms with Gasteiger partial charge < -0.3 is 14.5 Å². The smallest absolute Gasteiger partial charge is 0.291 e. The number of hydrogen-bond donors (Lipinski definition) is 2. The summed E-state index contributed by atoms with van der Waals surface area (Å²) in [6.07, 6.45) is 0.400. The molecule has 2 heterocycles. The number of fused-ring (bicyclic) bond motifs is 1. The van der Waals surface area contributed by atoms with E-state index in [2.05, 4.69) is 10.6 Å². The SMILES string of the molecule is COc1cc(C)cc2oc(C(=O)Nc3ccc(CC4SC(=O)NC4=O)cc3)cc(=O)c12. The molecule has 1 aliphatic rings. The third-order valence-electron chi connectivity index (χ3n) is 4.78. The number of ether oxygens (including phenoxy) is 1. The fraction of sp³-hybridized carbons (Fsp3) is 0.182. The lowest BCUT2D eigenvalue weighted by Gasteiger charge is -2.09. The minimum atomic E-state index is -0.566. The van der Waals surface area contributed by atoms with E-state index in [1.54, 1.807) is 36.4 Å². The number of carbonyl (C=O) groups is 3. The summed E-state index contributed by atoms with van der Waals surface area (Å²) in [6, 6.07) is 11.4. The third-order valence-corrected chi connectivity index (χ3v) is 5.76. The Labute approximate surface area is 181 Å². The molecular weight excluding hydrogens is 420 g/mol. The van der Waals surface area contributed by atoms with Gasteiger partial charge >= 0.3 is 0 Å². The van der Waals surface area contributed by atoms with Crippen LogP contribution in [0.1, 0.15) is 21.7 Å². The maximum absolute atomic E-state index is 12.6. The second kappa shape index (κ2) is 8.27. The van der Waals surface area contributed by atoms with Crippen LogP contribution in [0.4, 0.5) is 10.5 Å². The summed E-state index contributed by atoms with van der Waals surface area (Å²) in [5.41, 5.74) is 2.07. The average Bonchev–Trinajstić information content (AvgIpc) is 3.04. The van der Waals surface area contributed by atoms with Crippen molar-refractivity contribution in [2.24, 2.45) is 0 Å². The zero-order chi connectivity index (χ0) is 22.1. The van der Waals surface area contributed by atoms with E-state index in [4.69, 9.17) is 9.15 Å². The highest BCUT2D eigenvalue weighted by Crippen LogP contribution is 2.26. The van der Waals surface area contributed by atoms with E-state index in [-0.39, 0.29) is 33.3 Å². The summed E-state index contributed by atoms with van der Waals surface area (Å²) >= 11 is 0.966. The Bertz CT molecular complexity index is 1270. The molecule has 3 amide bonds. The second-order valence-electron chi connectivity index (χ2n) is 7.05. The van der Waals surface area contributed by atoms with Gasteiger partial charge in [-0.25, -0.2) is 0 Å². The molecule has 2 N–H and O–H groups in total. The molecule has 1 saturated heterocycles. The highest BCUT2D eigenvalue weighted by atomic mass is 32.2. The molecule has 2 aromatic carbocycles. The van der Waals surface area contributed by atoms with Gasteiger partial charge in [-0.15, -0.1) is 0 Å². The lowest BCUT2D eigenvalue weighted by atomic mass is 10.1. The van der Waals surface area contributed by atoms with Gasteiger partial charge in [-0.1, -0.05) is 23.9 Å². The van der Waals surface area contributed by atoms with Crippen LogP contribution in [-0.4, -0.2) is 29.4 Å². The number of hydrogen-bond acceptors (Lipinski definition) is 7. The van der Waals surface area contributed by atoms with E-state index in [1.165, 1.54) is 7.11 Å². The van der Waals surface area contributed by atoms with Crippen molar-refractivity contribution in [1.82, 2.24) is 5.32 Å². The molecule has 9 heteroatoms. The Hall–Kier alpha value is -3.59. The van der Waals surface area contributed by atoms with Crippen molar-refractivity contribution < 1.29 is 23.5 Å². The molecular formula is C22H18N2O6S. The van der Waals surface area contributed by atoms with Gasteiger partial charge in [-0.05, 0) is 48.7 Å². The lowest BCUT2D eigenvalue weighted by molar-refractivity contribution is -0.118. The summed E-state index contributed by atoms with van der Waals surface area (Å²) in [4.78, 5) is 48.1. The maximum Gasteiger partial charge on any atom is 0.291 e. The minimum Gasteiger partial charge on any atom is -0.496 e. The Morgan fingerprint density at radius 2 is 1.90 bits per heavy atom. The fourth-order valence-electron chi connectivity index (χ4n) is 3.31. The van der Waals surface area contributed by atoms with Crippen molar-refractivity contribution in [2.45, 2.75) is 18.6 Å². The molecule has 8 nitrogen and oxygen atoms in total. The van der Waals surface area contributed by atoms with Crippen LogP contribution in [0.3, 0.4) is 0 Å². The molecule has 0 saturated carbocycles. The summed E-state index contributed by atoms with van der Waals surface area (Å²) in [6.45, 7) is 1.83. The van der Waals surface area contributed by atoms with Crippen molar-refractivity contribution in [1.29, 1.82) is 0 Å². The number of methoxy groups -OCH3 is 1. The molecule has 1 unspecified atom stereocenters. The Morgan fingerprint density at radius 1 is 1.16 bits per heavy atom. The van der Waals surface area contributed by atoms with Crippen LogP contribution in [0.15, 0.2) is 51.7 Å². The molecule has 0 bridgehead atoms. The van der Waals surface area contributed by atoms with Gasteiger partial charge in [0.15, 0.2) is 11.2 Å². The number of thioether (sulfide) groups is 1. The van der Waals surface area contributed by atoms with E-state index in [1.807, 2.05) is 6.92 Å². The third kappa shape index (κ3) is 4.31. The first-order valence-corrected chi connectivity index (χ1v) is 10.3. The molecule has 4 rings (SSSR count). The monoisotopic (exact) mass is 438 g/mol. The summed E-state index contributed by atoms with van der Waals surface area (Å²) < 4.78 is 10.9. The van der Waals surface area contributed by atoms with Gasteiger partial charge in [-0.3, -0.25) is 24.5 Å². The molecule has 0 spiro atoms. The Kier molecular flexibility index (Phi) is 5.51. The van der Waals surface area contributed by atoms with Crippen LogP contribution in [-0.2, 0) is 11.2 Å². The van der Waals surface area contributed by atoms with Gasteiger partial charge in [0.2, 0.25) is 5.91 Å². The zero-order valence-corrected chi connectivity index (χ0v) is 17.5. The van der Waals surface area contributed by atoms with Crippen molar-refractivity contribution >= 4 is 45.5 Å². The molecule has 0 aliphatic carbocycles. The number of anilines is 1. The minimum absolute atomic E-state index is 0.119. The zero-order valence-electron chi connectivity index (χ0n) is 16.7. The molecule has 1 fully saturated rings. The van der Waals surface area contributed by atoms with Gasteiger partial charge in [0.1, 0.15) is 16.7 Å². The van der Waals surface area contributed by atoms with Crippen LogP contribution >= 0.6 is 11.8 Å². The average molecular weight is 438 g/mol. The number of imide groups is 1. The summed E-state index contributed by atoms with van der Waals surface area (Å²) in [5.74, 6) is -0.594. The number of aryl methyl sites for hydroxylation is 1. The van der Waals surface area contributed by atoms with Crippen LogP contribution in [0, 0.1) is 6.92 Å². The van der Waals surface area contributed by atoms with Gasteiger partial charge in [0.05, 0.1) is 12.4 Å². The number of amides is 3. The van der Waals surface area contributed by atoms with Crippen molar-refractivity contribution in [3.63, 3.8) is 0 Å². The van der Waals surface area contributed by atoms with Crippen LogP contribution < -0.4 is 20.8 Å². The fourth-order valence-corrected chi connectivity index (χ4v) is 4.17. The van der Waals surface area contributed by atoms with E-state index in [9.17, 15) is 19.2 Å². The largest absolute Gasteiger partial charge is 0.496 e. The topological polar surface area (TPSA) is 115 Å².